The quantitative estimate of drug-likeness (QED) is 0.177. The largest absolute Gasteiger partial charge is 0.349 e. The Morgan fingerprint density at radius 1 is 0.548 bits per heavy atom. The van der Waals surface area contributed by atoms with E-state index in [0.29, 0.717) is 0 Å². The molecular weight excluding hydrogens is 521 g/mol. The van der Waals surface area contributed by atoms with Gasteiger partial charge in [-0.15, -0.1) is 23.2 Å². The van der Waals surface area contributed by atoms with Crippen LogP contribution in [-0.2, 0) is 4.74 Å². The molecule has 0 aliphatic heterocycles. The van der Waals surface area contributed by atoms with Gasteiger partial charge < -0.3 is 4.74 Å². The predicted molar refractivity (Wildman–Crippen MR) is 81.0 cm³/mol. The van der Waals surface area contributed by atoms with Crippen LogP contribution in [0.15, 0.2) is 0 Å². The molecule has 0 aliphatic carbocycles. The van der Waals surface area contributed by atoms with E-state index in [1.54, 1.807) is 0 Å². The molecule has 0 aromatic carbocycles. The van der Waals surface area contributed by atoms with Gasteiger partial charge in [0.05, 0.1) is 0 Å². The van der Waals surface area contributed by atoms with E-state index in [1.165, 1.54) is 0 Å². The highest BCUT2D eigenvalue weighted by Crippen LogP contribution is 2.51. The number of halogens is 16. The molecule has 0 heterocycles. The smallest absolute Gasteiger partial charge is 0.341 e. The predicted octanol–water partition coefficient (Wildman–Crippen LogP) is 6.75. The first-order valence-electron chi connectivity index (χ1n) is 7.88. The van der Waals surface area contributed by atoms with Gasteiger partial charge in [-0.25, -0.2) is 26.3 Å². The Bertz CT molecular complexity index is 523. The van der Waals surface area contributed by atoms with Crippen molar-refractivity contribution in [3.05, 3.63) is 0 Å². The van der Waals surface area contributed by atoms with Crippen molar-refractivity contribution in [2.45, 2.75) is 60.6 Å². The van der Waals surface area contributed by atoms with Crippen molar-refractivity contribution in [1.82, 2.24) is 0 Å². The maximum absolute atomic E-state index is 14.0. The van der Waals surface area contributed by atoms with E-state index in [2.05, 4.69) is 4.74 Å². The van der Waals surface area contributed by atoms with Crippen molar-refractivity contribution < 1.29 is 66.2 Å². The van der Waals surface area contributed by atoms with Gasteiger partial charge in [-0.1, -0.05) is 0 Å². The number of ether oxygens (including phenoxy) is 1. The summed E-state index contributed by atoms with van der Waals surface area (Å²) in [6.07, 6.45) is -14.6. The second-order valence-corrected chi connectivity index (χ2v) is 6.97. The fourth-order valence-electron chi connectivity index (χ4n) is 2.13. The van der Waals surface area contributed by atoms with Gasteiger partial charge in [0, 0.05) is 24.6 Å². The van der Waals surface area contributed by atoms with Gasteiger partial charge in [-0.3, -0.25) is 0 Å². The second-order valence-electron chi connectivity index (χ2n) is 6.22. The Labute approximate surface area is 176 Å². The van der Waals surface area contributed by atoms with Gasteiger partial charge in [-0.2, -0.15) is 35.1 Å². The lowest BCUT2D eigenvalue weighted by Crippen LogP contribution is -2.66. The maximum atomic E-state index is 14.0. The number of hydrogen-bond acceptors (Lipinski definition) is 1. The zero-order valence-electron chi connectivity index (χ0n) is 14.9. The molecule has 17 heteroatoms. The van der Waals surface area contributed by atoms with Crippen LogP contribution in [0, 0.1) is 0 Å². The summed E-state index contributed by atoms with van der Waals surface area (Å²) < 4.78 is 193. The van der Waals surface area contributed by atoms with Gasteiger partial charge in [0.25, 0.3) is 0 Å². The molecule has 1 nitrogen and oxygen atoms in total. The van der Waals surface area contributed by atoms with Crippen molar-refractivity contribution in [3.8, 4) is 0 Å². The highest BCUT2D eigenvalue weighted by atomic mass is 35.5. The van der Waals surface area contributed by atoms with Crippen molar-refractivity contribution in [1.29, 1.82) is 0 Å². The summed E-state index contributed by atoms with van der Waals surface area (Å²) in [5, 5.41) is 0. The summed E-state index contributed by atoms with van der Waals surface area (Å²) >= 11 is 9.59. The van der Waals surface area contributed by atoms with Crippen LogP contribution in [0.4, 0.5) is 61.5 Å². The first-order valence-corrected chi connectivity index (χ1v) is 8.95. The van der Waals surface area contributed by atoms with Crippen LogP contribution in [-0.4, -0.2) is 72.9 Å². The molecule has 0 radical (unpaired) electrons. The standard InChI is InChI=1S/C14H14Cl2F14O/c15-3-1-11(23,24)13(27,28)7(9(19,20)5-17)31-8(10(21,22)6-18)14(29,30)12(25,26)2-4-16/h7-8H,1-6H2. The monoisotopic (exact) mass is 534 g/mol. The van der Waals surface area contributed by atoms with Crippen LogP contribution >= 0.6 is 23.2 Å². The molecule has 2 atom stereocenters. The fourth-order valence-corrected chi connectivity index (χ4v) is 2.61. The van der Waals surface area contributed by atoms with Crippen molar-refractivity contribution in [3.63, 3.8) is 0 Å². The molecular formula is C14H14Cl2F14O. The van der Waals surface area contributed by atoms with E-state index in [4.69, 9.17) is 23.2 Å². The van der Waals surface area contributed by atoms with Gasteiger partial charge >= 0.3 is 35.5 Å². The Morgan fingerprint density at radius 2 is 0.806 bits per heavy atom. The lowest BCUT2D eigenvalue weighted by atomic mass is 9.95. The number of rotatable bonds is 14. The SMILES string of the molecule is FCC(F)(F)C(OC(C(F)(F)CF)C(F)(F)C(F)(F)CCCl)C(F)(F)C(F)(F)CCCl. The molecule has 31 heavy (non-hydrogen) atoms. The van der Waals surface area contributed by atoms with E-state index in [9.17, 15) is 61.5 Å². The molecule has 188 valence electrons. The molecule has 0 rings (SSSR count). The molecule has 0 saturated heterocycles. The zero-order valence-corrected chi connectivity index (χ0v) is 16.4. The summed E-state index contributed by atoms with van der Waals surface area (Å²) in [6.45, 7) is -6.69. The molecule has 0 aromatic heterocycles. The lowest BCUT2D eigenvalue weighted by molar-refractivity contribution is -0.370. The second kappa shape index (κ2) is 10.2. The van der Waals surface area contributed by atoms with E-state index in [-0.39, 0.29) is 0 Å². The zero-order chi connectivity index (χ0) is 25.1. The maximum Gasteiger partial charge on any atom is 0.341 e. The average Bonchev–Trinajstić information content (AvgIpc) is 2.60. The topological polar surface area (TPSA) is 9.23 Å². The number of alkyl halides is 16. The minimum Gasteiger partial charge on any atom is -0.349 e. The van der Waals surface area contributed by atoms with Crippen molar-refractivity contribution in [2.75, 3.05) is 25.1 Å². The third-order valence-electron chi connectivity index (χ3n) is 3.85. The van der Waals surface area contributed by atoms with Crippen LogP contribution < -0.4 is 0 Å². The molecule has 0 amide bonds. The third kappa shape index (κ3) is 6.33. The van der Waals surface area contributed by atoms with E-state index < -0.39 is 85.7 Å². The van der Waals surface area contributed by atoms with Gasteiger partial charge in [-0.05, 0) is 0 Å². The normalized spacial score (nSPS) is 17.0. The van der Waals surface area contributed by atoms with E-state index >= 15 is 0 Å². The van der Waals surface area contributed by atoms with Crippen molar-refractivity contribution in [2.24, 2.45) is 0 Å². The molecule has 0 aromatic rings. The first-order chi connectivity index (χ1) is 13.7. The minimum absolute atomic E-state index is 1.37. The van der Waals surface area contributed by atoms with Crippen LogP contribution in [0.2, 0.25) is 0 Å². The average molecular weight is 535 g/mol. The molecule has 0 fully saturated rings. The highest BCUT2D eigenvalue weighted by molar-refractivity contribution is 6.18. The van der Waals surface area contributed by atoms with Crippen LogP contribution in [0.3, 0.4) is 0 Å². The Morgan fingerprint density at radius 3 is 1.00 bits per heavy atom. The summed E-state index contributed by atoms with van der Waals surface area (Å²) in [5.74, 6) is -38.7. The molecule has 0 aliphatic rings. The fraction of sp³-hybridized carbons (Fsp3) is 1.00. The Hall–Kier alpha value is -0.440. The summed E-state index contributed by atoms with van der Waals surface area (Å²) in [5.41, 5.74) is 0. The third-order valence-corrected chi connectivity index (χ3v) is 4.22. The minimum atomic E-state index is -6.40. The molecule has 0 saturated carbocycles. The Kier molecular flexibility index (Phi) is 10.1. The highest BCUT2D eigenvalue weighted by Gasteiger charge is 2.74. The lowest BCUT2D eigenvalue weighted by Gasteiger charge is -2.42. The van der Waals surface area contributed by atoms with E-state index in [0.717, 1.165) is 0 Å². The first kappa shape index (κ1) is 30.6. The molecule has 2 unspecified atom stereocenters. The molecule has 0 bridgehead atoms. The van der Waals surface area contributed by atoms with Crippen LogP contribution in [0.25, 0.3) is 0 Å². The van der Waals surface area contributed by atoms with Gasteiger partial charge in [0.15, 0.2) is 25.6 Å². The van der Waals surface area contributed by atoms with Gasteiger partial charge in [0.2, 0.25) is 0 Å². The van der Waals surface area contributed by atoms with Crippen LogP contribution in [0.5, 0.6) is 0 Å². The Balaban J connectivity index is 6.71. The number of hydrogen-bond donors (Lipinski definition) is 0. The summed E-state index contributed by atoms with van der Waals surface area (Å²) in [7, 11) is 0. The summed E-state index contributed by atoms with van der Waals surface area (Å²) in [4.78, 5) is 0. The molecule has 0 spiro atoms. The van der Waals surface area contributed by atoms with E-state index in [1.807, 2.05) is 0 Å². The van der Waals surface area contributed by atoms with Crippen molar-refractivity contribution >= 4 is 23.2 Å². The van der Waals surface area contributed by atoms with Gasteiger partial charge in [0.1, 0.15) is 0 Å². The van der Waals surface area contributed by atoms with Crippen LogP contribution in [0.1, 0.15) is 12.8 Å². The summed E-state index contributed by atoms with van der Waals surface area (Å²) in [6, 6.07) is 0. The molecule has 0 N–H and O–H groups in total.